The second-order valence-corrected chi connectivity index (χ2v) is 3.93. The van der Waals surface area contributed by atoms with Crippen molar-refractivity contribution in [2.24, 2.45) is 0 Å². The van der Waals surface area contributed by atoms with Crippen LogP contribution in [-0.2, 0) is 15.1 Å². The first-order chi connectivity index (χ1) is 7.14. The summed E-state index contributed by atoms with van der Waals surface area (Å²) < 4.78 is 10.4. The molecule has 15 heavy (non-hydrogen) atoms. The first-order valence-corrected chi connectivity index (χ1v) is 5.00. The van der Waals surface area contributed by atoms with E-state index >= 15 is 0 Å². The maximum Gasteiger partial charge on any atom is 0.306 e. The molecule has 2 rings (SSSR count). The van der Waals surface area contributed by atoms with Crippen molar-refractivity contribution in [2.75, 3.05) is 7.11 Å². The molecule has 1 fully saturated rings. The summed E-state index contributed by atoms with van der Waals surface area (Å²) >= 11 is 0. The van der Waals surface area contributed by atoms with E-state index in [2.05, 4.69) is 0 Å². The predicted octanol–water partition coefficient (Wildman–Crippen LogP) is 2.25. The molecular formula is C12H14O3. The molecule has 0 N–H and O–H groups in total. The summed E-state index contributed by atoms with van der Waals surface area (Å²) in [6, 6.07) is 7.65. The van der Waals surface area contributed by atoms with Crippen LogP contribution in [0.1, 0.15) is 25.3 Å². The number of ether oxygens (including phenoxy) is 2. The number of rotatable bonds is 2. The van der Waals surface area contributed by atoms with Crippen molar-refractivity contribution in [3.63, 3.8) is 0 Å². The summed E-state index contributed by atoms with van der Waals surface area (Å²) in [6.45, 7) is 1.94. The first-order valence-electron chi connectivity index (χ1n) is 5.00. The monoisotopic (exact) mass is 206 g/mol. The highest BCUT2D eigenvalue weighted by molar-refractivity contribution is 5.72. The van der Waals surface area contributed by atoms with Gasteiger partial charge in [-0.25, -0.2) is 0 Å². The molecule has 1 aliphatic rings. The lowest BCUT2D eigenvalue weighted by Crippen LogP contribution is -2.20. The van der Waals surface area contributed by atoms with Gasteiger partial charge in [0, 0.05) is 12.8 Å². The third-order valence-corrected chi connectivity index (χ3v) is 2.85. The molecule has 3 nitrogen and oxygen atoms in total. The van der Waals surface area contributed by atoms with Crippen molar-refractivity contribution in [1.82, 2.24) is 0 Å². The molecule has 0 radical (unpaired) electrons. The third kappa shape index (κ3) is 1.82. The molecule has 80 valence electrons. The molecule has 0 saturated carbocycles. The van der Waals surface area contributed by atoms with Gasteiger partial charge in [0.15, 0.2) is 0 Å². The van der Waals surface area contributed by atoms with Crippen molar-refractivity contribution < 1.29 is 14.3 Å². The van der Waals surface area contributed by atoms with Crippen molar-refractivity contribution in [3.05, 3.63) is 29.8 Å². The number of carbonyl (C=O) groups excluding carboxylic acids is 1. The van der Waals surface area contributed by atoms with E-state index in [1.807, 2.05) is 31.2 Å². The third-order valence-electron chi connectivity index (χ3n) is 2.85. The number of esters is 1. The van der Waals surface area contributed by atoms with E-state index in [9.17, 15) is 4.79 Å². The Hall–Kier alpha value is -1.51. The zero-order valence-corrected chi connectivity index (χ0v) is 8.95. The Balaban J connectivity index is 2.25. The van der Waals surface area contributed by atoms with Crippen LogP contribution in [0.4, 0.5) is 0 Å². The topological polar surface area (TPSA) is 35.5 Å². The number of benzene rings is 1. The Morgan fingerprint density at radius 2 is 2.00 bits per heavy atom. The molecule has 1 atom stereocenters. The van der Waals surface area contributed by atoms with Gasteiger partial charge < -0.3 is 9.47 Å². The Kier molecular flexibility index (Phi) is 2.39. The minimum absolute atomic E-state index is 0.117. The first kappa shape index (κ1) is 10.0. The van der Waals surface area contributed by atoms with Crippen LogP contribution < -0.4 is 4.74 Å². The zero-order valence-electron chi connectivity index (χ0n) is 8.95. The molecule has 0 spiro atoms. The van der Waals surface area contributed by atoms with E-state index in [4.69, 9.17) is 9.47 Å². The quantitative estimate of drug-likeness (QED) is 0.696. The Morgan fingerprint density at radius 1 is 1.33 bits per heavy atom. The predicted molar refractivity (Wildman–Crippen MR) is 55.7 cm³/mol. The van der Waals surface area contributed by atoms with Crippen molar-refractivity contribution >= 4 is 5.97 Å². The molecule has 3 heteroatoms. The molecular weight excluding hydrogens is 192 g/mol. The van der Waals surface area contributed by atoms with Gasteiger partial charge in [-0.05, 0) is 24.6 Å². The van der Waals surface area contributed by atoms with Crippen LogP contribution >= 0.6 is 0 Å². The van der Waals surface area contributed by atoms with Crippen LogP contribution in [-0.4, -0.2) is 13.1 Å². The number of cyclic esters (lactones) is 1. The fourth-order valence-electron chi connectivity index (χ4n) is 1.84. The van der Waals surface area contributed by atoms with E-state index in [0.29, 0.717) is 6.42 Å². The van der Waals surface area contributed by atoms with Crippen LogP contribution in [0.3, 0.4) is 0 Å². The fourth-order valence-corrected chi connectivity index (χ4v) is 1.84. The van der Waals surface area contributed by atoms with E-state index in [1.54, 1.807) is 7.11 Å². The van der Waals surface area contributed by atoms with Crippen LogP contribution in [0.15, 0.2) is 24.3 Å². The second kappa shape index (κ2) is 3.57. The van der Waals surface area contributed by atoms with Crippen LogP contribution in [0, 0.1) is 0 Å². The summed E-state index contributed by atoms with van der Waals surface area (Å²) in [7, 11) is 1.63. The highest BCUT2D eigenvalue weighted by atomic mass is 16.6. The second-order valence-electron chi connectivity index (χ2n) is 3.93. The highest BCUT2D eigenvalue weighted by Gasteiger charge is 2.37. The standard InChI is InChI=1S/C12H14O3/c1-12(8-7-11(13)15-12)9-3-5-10(14-2)6-4-9/h3-6H,7-8H2,1-2H3. The molecule has 1 saturated heterocycles. The van der Waals surface area contributed by atoms with Gasteiger partial charge in [-0.3, -0.25) is 4.79 Å². The molecule has 0 bridgehead atoms. The maximum atomic E-state index is 11.1. The van der Waals surface area contributed by atoms with Gasteiger partial charge in [-0.2, -0.15) is 0 Å². The van der Waals surface area contributed by atoms with Crippen LogP contribution in [0.2, 0.25) is 0 Å². The van der Waals surface area contributed by atoms with Gasteiger partial charge in [-0.1, -0.05) is 12.1 Å². The van der Waals surface area contributed by atoms with Gasteiger partial charge in [-0.15, -0.1) is 0 Å². The van der Waals surface area contributed by atoms with Crippen molar-refractivity contribution in [1.29, 1.82) is 0 Å². The average molecular weight is 206 g/mol. The van der Waals surface area contributed by atoms with E-state index < -0.39 is 5.60 Å². The Labute approximate surface area is 89.0 Å². The average Bonchev–Trinajstić information content (AvgIpc) is 2.60. The van der Waals surface area contributed by atoms with Gasteiger partial charge in [0.2, 0.25) is 0 Å². The normalized spacial score (nSPS) is 25.1. The lowest BCUT2D eigenvalue weighted by Gasteiger charge is -2.23. The molecule has 0 aliphatic carbocycles. The molecule has 0 amide bonds. The van der Waals surface area contributed by atoms with Gasteiger partial charge in [0.1, 0.15) is 11.4 Å². The number of hydrogen-bond acceptors (Lipinski definition) is 3. The largest absolute Gasteiger partial charge is 0.497 e. The van der Waals surface area contributed by atoms with Crippen LogP contribution in [0.5, 0.6) is 5.75 Å². The Bertz CT molecular complexity index is 369. The van der Waals surface area contributed by atoms with Crippen LogP contribution in [0.25, 0.3) is 0 Å². The van der Waals surface area contributed by atoms with E-state index in [1.165, 1.54) is 0 Å². The fraction of sp³-hybridized carbons (Fsp3) is 0.417. The molecule has 1 unspecified atom stereocenters. The summed E-state index contributed by atoms with van der Waals surface area (Å²) in [5.41, 5.74) is 0.567. The maximum absolute atomic E-state index is 11.1. The molecule has 1 aromatic carbocycles. The molecule has 1 aliphatic heterocycles. The molecule has 1 aromatic rings. The van der Waals surface area contributed by atoms with E-state index in [-0.39, 0.29) is 5.97 Å². The smallest absolute Gasteiger partial charge is 0.306 e. The highest BCUT2D eigenvalue weighted by Crippen LogP contribution is 2.36. The Morgan fingerprint density at radius 3 is 2.47 bits per heavy atom. The lowest BCUT2D eigenvalue weighted by atomic mass is 9.93. The minimum Gasteiger partial charge on any atom is -0.497 e. The summed E-state index contributed by atoms with van der Waals surface area (Å²) in [5.74, 6) is 0.694. The SMILES string of the molecule is COc1ccc(C2(C)CCC(=O)O2)cc1. The van der Waals surface area contributed by atoms with Gasteiger partial charge >= 0.3 is 5.97 Å². The van der Waals surface area contributed by atoms with Gasteiger partial charge in [0.25, 0.3) is 0 Å². The number of hydrogen-bond donors (Lipinski definition) is 0. The zero-order chi connectivity index (χ0) is 10.9. The van der Waals surface area contributed by atoms with Gasteiger partial charge in [0.05, 0.1) is 7.11 Å². The number of carbonyl (C=O) groups is 1. The van der Waals surface area contributed by atoms with Crippen molar-refractivity contribution in [2.45, 2.75) is 25.4 Å². The minimum atomic E-state index is -0.455. The lowest BCUT2D eigenvalue weighted by molar-refractivity contribution is -0.147. The number of methoxy groups -OCH3 is 1. The summed E-state index contributed by atoms with van der Waals surface area (Å²) in [4.78, 5) is 11.1. The summed E-state index contributed by atoms with van der Waals surface area (Å²) in [6.07, 6.45) is 1.25. The summed E-state index contributed by atoms with van der Waals surface area (Å²) in [5, 5.41) is 0. The molecule has 1 heterocycles. The molecule has 0 aromatic heterocycles. The van der Waals surface area contributed by atoms with Crippen molar-refractivity contribution in [3.8, 4) is 5.75 Å². The van der Waals surface area contributed by atoms with E-state index in [0.717, 1.165) is 17.7 Å².